The SMILES string of the molecule is O=S(=O)(Cc1ccc(C(F)(F)F)cc1)c1cc2cnccc2s1. The lowest BCUT2D eigenvalue weighted by Crippen LogP contribution is -2.06. The van der Waals surface area contributed by atoms with Crippen LogP contribution in [0.2, 0.25) is 0 Å². The summed E-state index contributed by atoms with van der Waals surface area (Å²) in [7, 11) is -3.61. The van der Waals surface area contributed by atoms with Gasteiger partial charge in [0.2, 0.25) is 0 Å². The average Bonchev–Trinajstić information content (AvgIpc) is 2.91. The van der Waals surface area contributed by atoms with Crippen LogP contribution in [0.3, 0.4) is 0 Å². The van der Waals surface area contributed by atoms with Crippen LogP contribution < -0.4 is 0 Å². The Morgan fingerprint density at radius 2 is 1.78 bits per heavy atom. The van der Waals surface area contributed by atoms with E-state index < -0.39 is 21.6 Å². The largest absolute Gasteiger partial charge is 0.416 e. The first-order valence-corrected chi connectivity index (χ1v) is 8.95. The Morgan fingerprint density at radius 1 is 1.09 bits per heavy atom. The summed E-state index contributed by atoms with van der Waals surface area (Å²) in [6.07, 6.45) is -1.29. The molecule has 3 nitrogen and oxygen atoms in total. The van der Waals surface area contributed by atoms with E-state index >= 15 is 0 Å². The van der Waals surface area contributed by atoms with E-state index in [1.807, 2.05) is 0 Å². The molecule has 0 saturated heterocycles. The lowest BCUT2D eigenvalue weighted by molar-refractivity contribution is -0.137. The van der Waals surface area contributed by atoms with Crippen LogP contribution in [0.5, 0.6) is 0 Å². The monoisotopic (exact) mass is 357 g/mol. The number of aromatic nitrogens is 1. The number of thiophene rings is 1. The second-order valence-corrected chi connectivity index (χ2v) is 8.23. The number of benzene rings is 1. The lowest BCUT2D eigenvalue weighted by Gasteiger charge is -2.07. The van der Waals surface area contributed by atoms with E-state index in [2.05, 4.69) is 4.98 Å². The Kier molecular flexibility index (Phi) is 3.89. The minimum absolute atomic E-state index is 0.181. The predicted molar refractivity (Wildman–Crippen MR) is 82.0 cm³/mol. The van der Waals surface area contributed by atoms with Crippen LogP contribution in [0.4, 0.5) is 13.2 Å². The van der Waals surface area contributed by atoms with Crippen molar-refractivity contribution in [2.75, 3.05) is 0 Å². The summed E-state index contributed by atoms with van der Waals surface area (Å²) in [5, 5.41) is 0.725. The highest BCUT2D eigenvalue weighted by Gasteiger charge is 2.30. The molecule has 0 fully saturated rings. The third kappa shape index (κ3) is 3.37. The van der Waals surface area contributed by atoms with Gasteiger partial charge in [0.05, 0.1) is 11.3 Å². The van der Waals surface area contributed by atoms with Gasteiger partial charge in [-0.2, -0.15) is 13.2 Å². The molecule has 8 heteroatoms. The molecule has 2 heterocycles. The van der Waals surface area contributed by atoms with E-state index in [-0.39, 0.29) is 9.96 Å². The standard InChI is InChI=1S/C15H10F3NO2S2/c16-15(17,18)12-3-1-10(2-4-12)9-23(20,21)14-7-11-8-19-6-5-13(11)22-14/h1-8H,9H2. The molecule has 0 aliphatic rings. The molecular formula is C15H10F3NO2S2. The van der Waals surface area contributed by atoms with Gasteiger partial charge >= 0.3 is 6.18 Å². The van der Waals surface area contributed by atoms with Gasteiger partial charge < -0.3 is 0 Å². The highest BCUT2D eigenvalue weighted by molar-refractivity contribution is 7.92. The zero-order chi connectivity index (χ0) is 16.7. The summed E-state index contributed by atoms with van der Waals surface area (Å²) < 4.78 is 63.4. The van der Waals surface area contributed by atoms with Crippen molar-refractivity contribution in [3.05, 3.63) is 59.9 Å². The van der Waals surface area contributed by atoms with Gasteiger partial charge in [-0.3, -0.25) is 4.98 Å². The highest BCUT2D eigenvalue weighted by Crippen LogP contribution is 2.32. The van der Waals surface area contributed by atoms with Gasteiger partial charge in [-0.25, -0.2) is 8.42 Å². The van der Waals surface area contributed by atoms with E-state index in [1.165, 1.54) is 18.2 Å². The zero-order valence-corrected chi connectivity index (χ0v) is 13.2. The second kappa shape index (κ2) is 5.61. The summed E-state index contributed by atoms with van der Waals surface area (Å²) >= 11 is 1.12. The summed E-state index contributed by atoms with van der Waals surface area (Å²) in [5.41, 5.74) is -0.486. The summed E-state index contributed by atoms with van der Waals surface area (Å²) in [6.45, 7) is 0. The molecule has 0 bridgehead atoms. The van der Waals surface area contributed by atoms with Crippen molar-refractivity contribution >= 4 is 31.3 Å². The molecule has 3 aromatic rings. The van der Waals surface area contributed by atoms with E-state index in [0.29, 0.717) is 5.56 Å². The minimum Gasteiger partial charge on any atom is -0.264 e. The number of sulfone groups is 1. The van der Waals surface area contributed by atoms with Crippen LogP contribution in [0.1, 0.15) is 11.1 Å². The van der Waals surface area contributed by atoms with E-state index in [0.717, 1.165) is 33.6 Å². The summed E-state index contributed by atoms with van der Waals surface area (Å²) in [4.78, 5) is 3.93. The van der Waals surface area contributed by atoms with Gasteiger partial charge in [-0.05, 0) is 29.8 Å². The van der Waals surface area contributed by atoms with Crippen molar-refractivity contribution in [2.24, 2.45) is 0 Å². The topological polar surface area (TPSA) is 47.0 Å². The van der Waals surface area contributed by atoms with Crippen molar-refractivity contribution in [1.82, 2.24) is 4.98 Å². The van der Waals surface area contributed by atoms with E-state index in [4.69, 9.17) is 0 Å². The van der Waals surface area contributed by atoms with Gasteiger partial charge in [0.25, 0.3) is 0 Å². The fraction of sp³-hybridized carbons (Fsp3) is 0.133. The Morgan fingerprint density at radius 3 is 2.39 bits per heavy atom. The highest BCUT2D eigenvalue weighted by atomic mass is 32.2. The Hall–Kier alpha value is -1.93. The second-order valence-electron chi connectivity index (χ2n) is 4.93. The molecule has 0 atom stereocenters. The first-order chi connectivity index (χ1) is 10.8. The quantitative estimate of drug-likeness (QED) is 0.703. The van der Waals surface area contributed by atoms with Crippen molar-refractivity contribution in [2.45, 2.75) is 16.1 Å². The van der Waals surface area contributed by atoms with Crippen LogP contribution in [-0.2, 0) is 21.8 Å². The normalized spacial score (nSPS) is 12.7. The molecule has 0 saturated carbocycles. The predicted octanol–water partition coefficient (Wildman–Crippen LogP) is 4.29. The van der Waals surface area contributed by atoms with E-state index in [1.54, 1.807) is 18.5 Å². The van der Waals surface area contributed by atoms with Gasteiger partial charge in [-0.1, -0.05) is 12.1 Å². The van der Waals surface area contributed by atoms with Crippen molar-refractivity contribution < 1.29 is 21.6 Å². The Bertz CT molecular complexity index is 912. The molecule has 23 heavy (non-hydrogen) atoms. The first kappa shape index (κ1) is 15.9. The molecule has 0 amide bonds. The fourth-order valence-electron chi connectivity index (χ4n) is 2.09. The number of pyridine rings is 1. The summed E-state index contributed by atoms with van der Waals surface area (Å²) in [6, 6.07) is 7.41. The number of halogens is 3. The molecule has 0 aliphatic heterocycles. The Balaban J connectivity index is 1.88. The average molecular weight is 357 g/mol. The van der Waals surface area contributed by atoms with Crippen molar-refractivity contribution in [1.29, 1.82) is 0 Å². The van der Waals surface area contributed by atoms with Gasteiger partial charge in [-0.15, -0.1) is 11.3 Å². The fourth-order valence-corrected chi connectivity index (χ4v) is 4.89. The number of hydrogen-bond donors (Lipinski definition) is 0. The molecule has 0 spiro atoms. The van der Waals surface area contributed by atoms with Gasteiger partial charge in [0.1, 0.15) is 4.21 Å². The molecule has 0 radical (unpaired) electrons. The summed E-state index contributed by atoms with van der Waals surface area (Å²) in [5.74, 6) is -0.342. The van der Waals surface area contributed by atoms with Crippen molar-refractivity contribution in [3.63, 3.8) is 0 Å². The van der Waals surface area contributed by atoms with Gasteiger partial charge in [0.15, 0.2) is 9.84 Å². The minimum atomic E-state index is -4.43. The lowest BCUT2D eigenvalue weighted by atomic mass is 10.1. The van der Waals surface area contributed by atoms with E-state index in [9.17, 15) is 21.6 Å². The number of alkyl halides is 3. The third-order valence-corrected chi connectivity index (χ3v) is 6.61. The molecule has 3 rings (SSSR count). The number of fused-ring (bicyclic) bond motifs is 1. The maximum absolute atomic E-state index is 12.5. The third-order valence-electron chi connectivity index (χ3n) is 3.24. The number of hydrogen-bond acceptors (Lipinski definition) is 4. The molecular weight excluding hydrogens is 347 g/mol. The maximum Gasteiger partial charge on any atom is 0.416 e. The molecule has 0 N–H and O–H groups in total. The van der Waals surface area contributed by atoms with Crippen LogP contribution in [0.25, 0.3) is 10.1 Å². The van der Waals surface area contributed by atoms with Crippen LogP contribution in [-0.4, -0.2) is 13.4 Å². The number of rotatable bonds is 3. The smallest absolute Gasteiger partial charge is 0.264 e. The first-order valence-electron chi connectivity index (χ1n) is 6.48. The molecule has 120 valence electrons. The zero-order valence-electron chi connectivity index (χ0n) is 11.5. The van der Waals surface area contributed by atoms with Crippen LogP contribution in [0.15, 0.2) is 53.0 Å². The molecule has 1 aromatic carbocycles. The molecule has 0 unspecified atom stereocenters. The molecule has 2 aromatic heterocycles. The van der Waals surface area contributed by atoms with Crippen LogP contribution >= 0.6 is 11.3 Å². The van der Waals surface area contributed by atoms with Crippen LogP contribution in [0, 0.1) is 0 Å². The Labute approximate surface area is 134 Å². The van der Waals surface area contributed by atoms with Crippen molar-refractivity contribution in [3.8, 4) is 0 Å². The number of nitrogens with zero attached hydrogens (tertiary/aromatic N) is 1. The van der Waals surface area contributed by atoms with Gasteiger partial charge in [0, 0.05) is 22.5 Å². The molecule has 0 aliphatic carbocycles. The maximum atomic E-state index is 12.5.